The Morgan fingerprint density at radius 1 is 0.789 bits per heavy atom. The van der Waals surface area contributed by atoms with Crippen LogP contribution in [0, 0.1) is 0 Å². The molecule has 0 bridgehead atoms. The van der Waals surface area contributed by atoms with Gasteiger partial charge in [0.25, 0.3) is 0 Å². The molecule has 0 fully saturated rings. The molecule has 1 nitrogen and oxygen atoms in total. The van der Waals surface area contributed by atoms with E-state index in [-0.39, 0.29) is 0 Å². The molecule has 0 rings (SSSR count). The van der Waals surface area contributed by atoms with Gasteiger partial charge in [-0.25, -0.2) is 0 Å². The molecule has 0 saturated heterocycles. The molecule has 0 aliphatic rings. The third-order valence-electron chi connectivity index (χ3n) is 4.07. The predicted octanol–water partition coefficient (Wildman–Crippen LogP) is 5.54. The maximum atomic E-state index is 3.44. The van der Waals surface area contributed by atoms with Crippen molar-refractivity contribution in [3.63, 3.8) is 0 Å². The SMILES string of the molecule is CCC[CH2][Sn](/[CH]=C\CNCC)([CH2]CCC)[CH2]CCC. The number of nitrogens with one attached hydrogen (secondary N) is 1. The van der Waals surface area contributed by atoms with Gasteiger partial charge in [-0.1, -0.05) is 0 Å². The first-order valence-electron chi connectivity index (χ1n) is 8.63. The average Bonchev–Trinajstić information content (AvgIpc) is 2.44. The van der Waals surface area contributed by atoms with Gasteiger partial charge in [-0.15, -0.1) is 0 Å². The van der Waals surface area contributed by atoms with Crippen LogP contribution in [0.2, 0.25) is 13.3 Å². The van der Waals surface area contributed by atoms with E-state index in [0.29, 0.717) is 0 Å². The van der Waals surface area contributed by atoms with E-state index in [1.165, 1.54) is 38.5 Å². The quantitative estimate of drug-likeness (QED) is 0.330. The van der Waals surface area contributed by atoms with Crippen LogP contribution in [0.3, 0.4) is 0 Å². The third kappa shape index (κ3) is 9.95. The summed E-state index contributed by atoms with van der Waals surface area (Å²) in [6, 6.07) is 0. The molecule has 0 aliphatic heterocycles. The average molecular weight is 374 g/mol. The fourth-order valence-corrected chi connectivity index (χ4v) is 17.1. The summed E-state index contributed by atoms with van der Waals surface area (Å²) in [6.45, 7) is 11.4. The van der Waals surface area contributed by atoms with E-state index in [2.05, 4.69) is 43.2 Å². The summed E-state index contributed by atoms with van der Waals surface area (Å²) < 4.78 is 7.54. The molecule has 0 aliphatic carbocycles. The van der Waals surface area contributed by atoms with E-state index in [0.717, 1.165) is 13.1 Å². The Morgan fingerprint density at radius 3 is 1.63 bits per heavy atom. The van der Waals surface area contributed by atoms with E-state index < -0.39 is 18.4 Å². The number of rotatable bonds is 13. The van der Waals surface area contributed by atoms with Crippen LogP contribution in [0.4, 0.5) is 0 Å². The second-order valence-electron chi connectivity index (χ2n) is 5.88. The number of likely N-dealkylation sites (N-methyl/N-ethyl adjacent to an activating group) is 1. The molecule has 0 radical (unpaired) electrons. The van der Waals surface area contributed by atoms with Gasteiger partial charge in [0, 0.05) is 0 Å². The van der Waals surface area contributed by atoms with Gasteiger partial charge in [-0.2, -0.15) is 0 Å². The van der Waals surface area contributed by atoms with Crippen LogP contribution in [0.1, 0.15) is 66.2 Å². The van der Waals surface area contributed by atoms with Crippen LogP contribution in [0.15, 0.2) is 10.2 Å². The van der Waals surface area contributed by atoms with Crippen molar-refractivity contribution in [2.75, 3.05) is 13.1 Å². The summed E-state index contributed by atoms with van der Waals surface area (Å²) in [5.41, 5.74) is 0. The van der Waals surface area contributed by atoms with Crippen molar-refractivity contribution >= 4 is 18.4 Å². The Morgan fingerprint density at radius 2 is 1.26 bits per heavy atom. The monoisotopic (exact) mass is 375 g/mol. The Hall–Kier alpha value is 0.499. The number of hydrogen-bond acceptors (Lipinski definition) is 1. The van der Waals surface area contributed by atoms with Crippen LogP contribution in [-0.2, 0) is 0 Å². The van der Waals surface area contributed by atoms with Crippen LogP contribution >= 0.6 is 0 Å². The zero-order valence-corrected chi connectivity index (χ0v) is 16.8. The second kappa shape index (κ2) is 13.5. The van der Waals surface area contributed by atoms with Crippen molar-refractivity contribution in [1.82, 2.24) is 5.32 Å². The molecule has 0 aromatic carbocycles. The summed E-state index contributed by atoms with van der Waals surface area (Å²) in [5.74, 6) is 0. The van der Waals surface area contributed by atoms with Crippen LogP contribution < -0.4 is 5.32 Å². The molecule has 0 saturated carbocycles. The standard InChI is InChI=1S/C5H10N.3C4H9.Sn/c1-3-5-6-4-2;3*1-3-4-2;/h1,3,6H,4-5H2,2H3;3*1,3-4H2,2H3;. The second-order valence-corrected chi connectivity index (χ2v) is 18.9. The summed E-state index contributed by atoms with van der Waals surface area (Å²) in [7, 11) is 0. The van der Waals surface area contributed by atoms with E-state index >= 15 is 0 Å². The Balaban J connectivity index is 4.60. The third-order valence-corrected chi connectivity index (χ3v) is 18.3. The van der Waals surface area contributed by atoms with Gasteiger partial charge in [0.2, 0.25) is 0 Å². The first-order chi connectivity index (χ1) is 9.24. The van der Waals surface area contributed by atoms with Gasteiger partial charge in [-0.05, 0) is 0 Å². The zero-order valence-electron chi connectivity index (χ0n) is 13.9. The minimum absolute atomic E-state index is 1.08. The van der Waals surface area contributed by atoms with Crippen LogP contribution in [0.5, 0.6) is 0 Å². The first-order valence-corrected chi connectivity index (χ1v) is 16.3. The summed E-state index contributed by atoms with van der Waals surface area (Å²) in [6.07, 6.45) is 11.0. The van der Waals surface area contributed by atoms with Crippen LogP contribution in [-0.4, -0.2) is 31.5 Å². The molecule has 0 unspecified atom stereocenters. The van der Waals surface area contributed by atoms with E-state index in [4.69, 9.17) is 0 Å². The van der Waals surface area contributed by atoms with Crippen molar-refractivity contribution in [3.8, 4) is 0 Å². The van der Waals surface area contributed by atoms with E-state index in [1.807, 2.05) is 0 Å². The molecule has 0 spiro atoms. The van der Waals surface area contributed by atoms with Crippen molar-refractivity contribution in [2.45, 2.75) is 79.5 Å². The molecular weight excluding hydrogens is 337 g/mol. The Labute approximate surface area is 126 Å². The predicted molar refractivity (Wildman–Crippen MR) is 92.6 cm³/mol. The zero-order chi connectivity index (χ0) is 14.4. The maximum absolute atomic E-state index is 3.44. The van der Waals surface area contributed by atoms with E-state index in [9.17, 15) is 0 Å². The molecule has 2 heteroatoms. The van der Waals surface area contributed by atoms with Crippen molar-refractivity contribution in [3.05, 3.63) is 10.2 Å². The van der Waals surface area contributed by atoms with Crippen molar-refractivity contribution < 1.29 is 0 Å². The molecule has 19 heavy (non-hydrogen) atoms. The fourth-order valence-electron chi connectivity index (χ4n) is 2.75. The van der Waals surface area contributed by atoms with Crippen molar-refractivity contribution in [2.24, 2.45) is 0 Å². The van der Waals surface area contributed by atoms with Gasteiger partial charge in [-0.3, -0.25) is 0 Å². The Kier molecular flexibility index (Phi) is 13.8. The molecular formula is C17H37NSn. The number of hydrogen-bond donors (Lipinski definition) is 1. The molecule has 0 atom stereocenters. The normalized spacial score (nSPS) is 12.4. The fraction of sp³-hybridized carbons (Fsp3) is 0.882. The minimum atomic E-state index is -1.95. The van der Waals surface area contributed by atoms with Gasteiger partial charge in [0.15, 0.2) is 0 Å². The molecule has 0 amide bonds. The topological polar surface area (TPSA) is 12.0 Å². The van der Waals surface area contributed by atoms with Gasteiger partial charge < -0.3 is 0 Å². The summed E-state index contributed by atoms with van der Waals surface area (Å²) in [4.78, 5) is 0. The summed E-state index contributed by atoms with van der Waals surface area (Å²) in [5, 5.41) is 3.44. The molecule has 1 N–H and O–H groups in total. The van der Waals surface area contributed by atoms with Gasteiger partial charge in [0.05, 0.1) is 0 Å². The summed E-state index contributed by atoms with van der Waals surface area (Å²) >= 11 is -1.95. The molecule has 114 valence electrons. The number of unbranched alkanes of at least 4 members (excludes halogenated alkanes) is 3. The van der Waals surface area contributed by atoms with Gasteiger partial charge >= 0.3 is 126 Å². The van der Waals surface area contributed by atoms with Gasteiger partial charge in [0.1, 0.15) is 0 Å². The molecule has 0 aromatic heterocycles. The van der Waals surface area contributed by atoms with Crippen LogP contribution in [0.25, 0.3) is 0 Å². The first kappa shape index (κ1) is 19.5. The van der Waals surface area contributed by atoms with Crippen molar-refractivity contribution in [1.29, 1.82) is 0 Å². The van der Waals surface area contributed by atoms with E-state index in [1.54, 1.807) is 13.3 Å². The Bertz CT molecular complexity index is 192. The molecule has 0 aromatic rings. The molecule has 0 heterocycles.